The Balaban J connectivity index is 2.41. The van der Waals surface area contributed by atoms with Crippen LogP contribution in [0.25, 0.3) is 0 Å². The molecule has 0 atom stereocenters. The molecule has 0 aliphatic carbocycles. The highest BCUT2D eigenvalue weighted by molar-refractivity contribution is 5.75. The number of aliphatic hydroxyl groups is 1. The van der Waals surface area contributed by atoms with Crippen LogP contribution in [0.15, 0.2) is 6.20 Å². The smallest absolute Gasteiger partial charge is 0.242 e. The van der Waals surface area contributed by atoms with Gasteiger partial charge >= 0.3 is 0 Å². The van der Waals surface area contributed by atoms with Crippen LogP contribution in [0.4, 0.5) is 0 Å². The van der Waals surface area contributed by atoms with Crippen molar-refractivity contribution in [3.63, 3.8) is 0 Å². The van der Waals surface area contributed by atoms with E-state index in [1.54, 1.807) is 6.20 Å². The molecule has 1 heterocycles. The molecule has 0 aliphatic heterocycles. The van der Waals surface area contributed by atoms with Crippen molar-refractivity contribution in [2.24, 2.45) is 0 Å². The average Bonchev–Trinajstić information content (AvgIpc) is 2.81. The minimum Gasteiger partial charge on any atom is -0.396 e. The zero-order valence-electron chi connectivity index (χ0n) is 11.1. The van der Waals surface area contributed by atoms with Gasteiger partial charge in [-0.2, -0.15) is 0 Å². The maximum absolute atomic E-state index is 11.7. The fourth-order valence-corrected chi connectivity index (χ4v) is 1.70. The summed E-state index contributed by atoms with van der Waals surface area (Å²) >= 11 is 0. The fraction of sp³-hybridized carbons (Fsp3) is 0.750. The van der Waals surface area contributed by atoms with Crippen molar-refractivity contribution in [3.05, 3.63) is 11.9 Å². The van der Waals surface area contributed by atoms with Crippen LogP contribution in [0.3, 0.4) is 0 Å². The molecule has 0 saturated carbocycles. The molecule has 1 rings (SSSR count). The molecule has 0 radical (unpaired) electrons. The fourth-order valence-electron chi connectivity index (χ4n) is 1.70. The van der Waals surface area contributed by atoms with Crippen molar-refractivity contribution in [2.45, 2.75) is 52.1 Å². The predicted molar refractivity (Wildman–Crippen MR) is 67.9 cm³/mol. The van der Waals surface area contributed by atoms with E-state index in [4.69, 9.17) is 5.11 Å². The van der Waals surface area contributed by atoms with Crippen molar-refractivity contribution >= 4 is 5.91 Å². The number of rotatable bonds is 8. The van der Waals surface area contributed by atoms with Gasteiger partial charge in [0.15, 0.2) is 0 Å². The third-order valence-electron chi connectivity index (χ3n) is 2.83. The Labute approximate surface area is 107 Å². The molecule has 1 aromatic rings. The standard InChI is InChI=1S/C12H22N4O2/c1-3-10(4-2)13-12(18)9-16-8-11(14-15-16)6-5-7-17/h8,10,17H,3-7,9H2,1-2H3,(H,13,18). The highest BCUT2D eigenvalue weighted by Crippen LogP contribution is 1.99. The van der Waals surface area contributed by atoms with Gasteiger partial charge in [-0.1, -0.05) is 19.1 Å². The Bertz CT molecular complexity index is 361. The van der Waals surface area contributed by atoms with Crippen LogP contribution in [0, 0.1) is 0 Å². The van der Waals surface area contributed by atoms with Crippen molar-refractivity contribution in [3.8, 4) is 0 Å². The molecule has 0 saturated heterocycles. The van der Waals surface area contributed by atoms with Crippen LogP contribution in [0.2, 0.25) is 0 Å². The number of aryl methyl sites for hydroxylation is 1. The normalized spacial score (nSPS) is 10.9. The summed E-state index contributed by atoms with van der Waals surface area (Å²) in [7, 11) is 0. The Morgan fingerprint density at radius 3 is 2.83 bits per heavy atom. The minimum atomic E-state index is -0.0395. The number of hydrogen-bond donors (Lipinski definition) is 2. The van der Waals surface area contributed by atoms with Gasteiger partial charge in [-0.3, -0.25) is 4.79 Å². The van der Waals surface area contributed by atoms with Crippen LogP contribution in [-0.4, -0.2) is 38.7 Å². The number of nitrogens with zero attached hydrogens (tertiary/aromatic N) is 3. The van der Waals surface area contributed by atoms with Crippen LogP contribution < -0.4 is 5.32 Å². The molecular formula is C12H22N4O2. The number of aliphatic hydroxyl groups excluding tert-OH is 1. The Morgan fingerprint density at radius 1 is 1.50 bits per heavy atom. The van der Waals surface area contributed by atoms with E-state index in [9.17, 15) is 4.79 Å². The maximum Gasteiger partial charge on any atom is 0.242 e. The van der Waals surface area contributed by atoms with Gasteiger partial charge < -0.3 is 10.4 Å². The van der Waals surface area contributed by atoms with Gasteiger partial charge in [0.1, 0.15) is 6.54 Å². The summed E-state index contributed by atoms with van der Waals surface area (Å²) in [6.07, 6.45) is 4.97. The lowest BCUT2D eigenvalue weighted by atomic mass is 10.2. The van der Waals surface area contributed by atoms with Gasteiger partial charge in [-0.25, -0.2) is 4.68 Å². The first-order valence-electron chi connectivity index (χ1n) is 6.48. The van der Waals surface area contributed by atoms with Crippen LogP contribution in [0.5, 0.6) is 0 Å². The molecular weight excluding hydrogens is 232 g/mol. The van der Waals surface area contributed by atoms with Gasteiger partial charge in [0.05, 0.1) is 5.69 Å². The van der Waals surface area contributed by atoms with E-state index in [2.05, 4.69) is 29.5 Å². The topological polar surface area (TPSA) is 80.0 Å². The molecule has 2 N–H and O–H groups in total. The van der Waals surface area contributed by atoms with E-state index in [0.29, 0.717) is 12.8 Å². The van der Waals surface area contributed by atoms with Gasteiger partial charge in [0, 0.05) is 18.8 Å². The lowest BCUT2D eigenvalue weighted by molar-refractivity contribution is -0.122. The molecule has 0 fully saturated rings. The Morgan fingerprint density at radius 2 is 2.22 bits per heavy atom. The summed E-state index contributed by atoms with van der Waals surface area (Å²) in [5.74, 6) is -0.0395. The number of carbonyl (C=O) groups excluding carboxylic acids is 1. The first-order chi connectivity index (χ1) is 8.69. The second-order valence-corrected chi connectivity index (χ2v) is 4.32. The first-order valence-corrected chi connectivity index (χ1v) is 6.48. The number of aromatic nitrogens is 3. The number of nitrogens with one attached hydrogen (secondary N) is 1. The molecule has 6 nitrogen and oxygen atoms in total. The number of carbonyl (C=O) groups is 1. The largest absolute Gasteiger partial charge is 0.396 e. The lowest BCUT2D eigenvalue weighted by Crippen LogP contribution is -2.36. The highest BCUT2D eigenvalue weighted by atomic mass is 16.2. The molecule has 0 unspecified atom stereocenters. The van der Waals surface area contributed by atoms with E-state index in [1.807, 2.05) is 0 Å². The molecule has 1 aromatic heterocycles. The molecule has 0 spiro atoms. The van der Waals surface area contributed by atoms with Gasteiger partial charge in [-0.05, 0) is 25.7 Å². The molecule has 18 heavy (non-hydrogen) atoms. The average molecular weight is 254 g/mol. The second kappa shape index (κ2) is 7.81. The van der Waals surface area contributed by atoms with Crippen molar-refractivity contribution in [2.75, 3.05) is 6.61 Å². The maximum atomic E-state index is 11.7. The van der Waals surface area contributed by atoms with E-state index in [-0.39, 0.29) is 25.1 Å². The molecule has 0 aromatic carbocycles. The monoisotopic (exact) mass is 254 g/mol. The van der Waals surface area contributed by atoms with Gasteiger partial charge in [0.25, 0.3) is 0 Å². The molecule has 1 amide bonds. The Kier molecular flexibility index (Phi) is 6.35. The van der Waals surface area contributed by atoms with Crippen LogP contribution in [0.1, 0.15) is 38.8 Å². The number of amides is 1. The van der Waals surface area contributed by atoms with Crippen molar-refractivity contribution < 1.29 is 9.90 Å². The van der Waals surface area contributed by atoms with Gasteiger partial charge in [0.2, 0.25) is 5.91 Å². The third kappa shape index (κ3) is 4.83. The summed E-state index contributed by atoms with van der Waals surface area (Å²) in [5, 5.41) is 19.5. The molecule has 0 bridgehead atoms. The predicted octanol–water partition coefficient (Wildman–Crippen LogP) is 0.508. The summed E-state index contributed by atoms with van der Waals surface area (Å²) in [6.45, 7) is 4.44. The van der Waals surface area contributed by atoms with E-state index in [0.717, 1.165) is 18.5 Å². The molecule has 6 heteroatoms. The number of hydrogen-bond acceptors (Lipinski definition) is 4. The van der Waals surface area contributed by atoms with Crippen LogP contribution in [-0.2, 0) is 17.8 Å². The van der Waals surface area contributed by atoms with E-state index < -0.39 is 0 Å². The zero-order chi connectivity index (χ0) is 13.4. The minimum absolute atomic E-state index is 0.0395. The zero-order valence-corrected chi connectivity index (χ0v) is 11.1. The van der Waals surface area contributed by atoms with Crippen molar-refractivity contribution in [1.29, 1.82) is 0 Å². The quantitative estimate of drug-likeness (QED) is 0.708. The lowest BCUT2D eigenvalue weighted by Gasteiger charge is -2.14. The second-order valence-electron chi connectivity index (χ2n) is 4.32. The summed E-state index contributed by atoms with van der Waals surface area (Å²) < 4.78 is 1.53. The molecule has 0 aliphatic rings. The SMILES string of the molecule is CCC(CC)NC(=O)Cn1cc(CCCO)nn1. The van der Waals surface area contributed by atoms with Crippen LogP contribution >= 0.6 is 0 Å². The summed E-state index contributed by atoms with van der Waals surface area (Å²) in [4.78, 5) is 11.7. The summed E-state index contributed by atoms with van der Waals surface area (Å²) in [6, 6.07) is 0.231. The summed E-state index contributed by atoms with van der Waals surface area (Å²) in [5.41, 5.74) is 0.805. The first kappa shape index (κ1) is 14.6. The van der Waals surface area contributed by atoms with E-state index >= 15 is 0 Å². The van der Waals surface area contributed by atoms with E-state index in [1.165, 1.54) is 4.68 Å². The third-order valence-corrected chi connectivity index (χ3v) is 2.83. The highest BCUT2D eigenvalue weighted by Gasteiger charge is 2.10. The molecule has 102 valence electrons. The Hall–Kier alpha value is -1.43. The van der Waals surface area contributed by atoms with Crippen molar-refractivity contribution in [1.82, 2.24) is 20.3 Å². The van der Waals surface area contributed by atoms with Gasteiger partial charge in [-0.15, -0.1) is 5.10 Å².